The molecule has 4 aliphatic rings. The summed E-state index contributed by atoms with van der Waals surface area (Å²) < 4.78 is 0. The summed E-state index contributed by atoms with van der Waals surface area (Å²) in [5.74, 6) is -6.52. The highest BCUT2D eigenvalue weighted by Crippen LogP contribution is 2.67. The van der Waals surface area contributed by atoms with E-state index in [1.165, 1.54) is 6.92 Å². The average molecular weight is 619 g/mol. The quantitative estimate of drug-likeness (QED) is 0.231. The van der Waals surface area contributed by atoms with E-state index in [0.29, 0.717) is 17.0 Å². The summed E-state index contributed by atoms with van der Waals surface area (Å²) in [7, 11) is 0. The molecule has 1 unspecified atom stereocenters. The molecule has 0 amide bonds. The molecule has 0 spiro atoms. The molecule has 0 aliphatic heterocycles. The first-order valence-electron chi connectivity index (χ1n) is 15.9. The first-order valence-corrected chi connectivity index (χ1v) is 15.9. The molecule has 242 valence electrons. The zero-order chi connectivity index (χ0) is 33.6. The van der Waals surface area contributed by atoms with E-state index in [2.05, 4.69) is 12.2 Å². The molecular weight excluding hydrogens is 572 g/mol. The fraction of sp³-hybridized carbons (Fsp3) is 0.541. The summed E-state index contributed by atoms with van der Waals surface area (Å²) in [4.78, 5) is 41.1. The van der Waals surface area contributed by atoms with E-state index >= 15 is 0 Å². The van der Waals surface area contributed by atoms with Gasteiger partial charge in [-0.2, -0.15) is 0 Å². The van der Waals surface area contributed by atoms with Crippen LogP contribution in [-0.2, 0) is 15.0 Å². The van der Waals surface area contributed by atoms with Gasteiger partial charge in [0.15, 0.2) is 17.2 Å². The Balaban J connectivity index is 1.69. The lowest BCUT2D eigenvalue weighted by Gasteiger charge is -2.63. The Labute approximate surface area is 264 Å². The van der Waals surface area contributed by atoms with Gasteiger partial charge in [-0.05, 0) is 48.5 Å². The van der Waals surface area contributed by atoms with Crippen molar-refractivity contribution in [1.29, 1.82) is 0 Å². The molecule has 0 fully saturated rings. The summed E-state index contributed by atoms with van der Waals surface area (Å²) in [5, 5.41) is 59.7. The lowest BCUT2D eigenvalue weighted by molar-refractivity contribution is -0.211. The second-order valence-corrected chi connectivity index (χ2v) is 15.0. The van der Waals surface area contributed by atoms with Crippen LogP contribution >= 0.6 is 0 Å². The molecule has 0 aromatic heterocycles. The van der Waals surface area contributed by atoms with E-state index in [-0.39, 0.29) is 16.9 Å². The minimum absolute atomic E-state index is 0.0398. The Morgan fingerprint density at radius 1 is 1.04 bits per heavy atom. The number of phenols is 1. The monoisotopic (exact) mass is 618 g/mol. The van der Waals surface area contributed by atoms with Gasteiger partial charge >= 0.3 is 0 Å². The molecule has 0 heterocycles. The fourth-order valence-corrected chi connectivity index (χ4v) is 9.07. The normalized spacial score (nSPS) is 33.2. The SMILES string of the molecule is CC(=O)C1=C(O)C(C(C)C)[C@@]2(C)[C@H](O)[C@]3(C)C(=C(O)[C@@]2(O)C1=O)C(=O)c1c(ccc(C(C)(C)CCCC2C=CC=C2)c1O)[C@H]3C. The second-order valence-electron chi connectivity index (χ2n) is 15.0. The minimum atomic E-state index is -2.90. The van der Waals surface area contributed by atoms with Crippen molar-refractivity contribution in [3.8, 4) is 5.75 Å². The van der Waals surface area contributed by atoms with E-state index in [1.807, 2.05) is 32.1 Å². The maximum atomic E-state index is 14.5. The summed E-state index contributed by atoms with van der Waals surface area (Å²) in [6.45, 7) is 13.3. The maximum absolute atomic E-state index is 14.5. The van der Waals surface area contributed by atoms with Crippen molar-refractivity contribution in [1.82, 2.24) is 0 Å². The fourth-order valence-electron chi connectivity index (χ4n) is 9.07. The van der Waals surface area contributed by atoms with Gasteiger partial charge < -0.3 is 25.5 Å². The van der Waals surface area contributed by atoms with Gasteiger partial charge in [-0.3, -0.25) is 14.4 Å². The zero-order valence-electron chi connectivity index (χ0n) is 27.4. The van der Waals surface area contributed by atoms with Gasteiger partial charge in [-0.1, -0.05) is 91.3 Å². The van der Waals surface area contributed by atoms with Gasteiger partial charge in [0.25, 0.3) is 0 Å². The molecule has 8 heteroatoms. The van der Waals surface area contributed by atoms with Gasteiger partial charge in [0, 0.05) is 22.3 Å². The third kappa shape index (κ3) is 4.14. The Bertz CT molecular complexity index is 1610. The Morgan fingerprint density at radius 3 is 2.20 bits per heavy atom. The largest absolute Gasteiger partial charge is 0.511 e. The number of carbonyl (C=O) groups is 3. The van der Waals surface area contributed by atoms with Crippen molar-refractivity contribution in [2.24, 2.45) is 28.6 Å². The summed E-state index contributed by atoms with van der Waals surface area (Å²) in [6.07, 6.45) is 9.28. The number of allylic oxidation sites excluding steroid dienone is 5. The summed E-state index contributed by atoms with van der Waals surface area (Å²) >= 11 is 0. The predicted octanol–water partition coefficient (Wildman–Crippen LogP) is 6.07. The van der Waals surface area contributed by atoms with Crippen LogP contribution in [0.2, 0.25) is 0 Å². The average Bonchev–Trinajstić information content (AvgIpc) is 3.46. The number of aliphatic hydroxyl groups excluding tert-OH is 3. The van der Waals surface area contributed by atoms with Gasteiger partial charge in [0.1, 0.15) is 22.8 Å². The zero-order valence-corrected chi connectivity index (χ0v) is 27.4. The highest BCUT2D eigenvalue weighted by atomic mass is 16.4. The van der Waals surface area contributed by atoms with E-state index in [0.717, 1.165) is 26.2 Å². The number of aliphatic hydroxyl groups is 4. The van der Waals surface area contributed by atoms with Gasteiger partial charge in [-0.15, -0.1) is 0 Å². The molecular formula is C37H46O8. The number of carbonyl (C=O) groups excluding carboxylic acids is 3. The standard InChI is InChI=1S/C37H46O8/c1-18(2)26-29(40)24(20(4)38)31(42)37(45)32(43)27-30(41)25-22(19(3)35(27,7)33(44)36(26,37)8)15-16-23(28(25)39)34(5,6)17-11-14-21-12-9-10-13-21/h9-10,12-13,15-16,18-19,21,26,33,39-40,43-45H,11,14,17H2,1-8H3/t19-,26?,33-,35+,36+,37+/m1/s1. The third-order valence-corrected chi connectivity index (χ3v) is 11.7. The molecule has 1 aromatic rings. The number of rotatable bonds is 7. The molecule has 4 aliphatic carbocycles. The highest BCUT2D eigenvalue weighted by molar-refractivity contribution is 6.25. The highest BCUT2D eigenvalue weighted by Gasteiger charge is 2.76. The van der Waals surface area contributed by atoms with Crippen LogP contribution in [0.3, 0.4) is 0 Å². The Morgan fingerprint density at radius 2 is 1.64 bits per heavy atom. The molecule has 5 N–H and O–H groups in total. The van der Waals surface area contributed by atoms with E-state index in [4.69, 9.17) is 0 Å². The number of fused-ring (bicyclic) bond motifs is 3. The van der Waals surface area contributed by atoms with E-state index in [1.54, 1.807) is 33.8 Å². The summed E-state index contributed by atoms with van der Waals surface area (Å²) in [6, 6.07) is 3.59. The molecule has 0 bridgehead atoms. The van der Waals surface area contributed by atoms with Crippen molar-refractivity contribution in [3.05, 3.63) is 75.8 Å². The van der Waals surface area contributed by atoms with Crippen molar-refractivity contribution >= 4 is 17.3 Å². The van der Waals surface area contributed by atoms with Crippen LogP contribution in [0.15, 0.2) is 59.1 Å². The van der Waals surface area contributed by atoms with Crippen LogP contribution in [-0.4, -0.2) is 54.6 Å². The smallest absolute Gasteiger partial charge is 0.209 e. The number of phenolic OH excluding ortho intramolecular Hbond substituents is 1. The molecule has 45 heavy (non-hydrogen) atoms. The molecule has 0 saturated carbocycles. The maximum Gasteiger partial charge on any atom is 0.209 e. The number of hydrogen-bond acceptors (Lipinski definition) is 8. The molecule has 5 rings (SSSR count). The number of benzene rings is 1. The molecule has 8 nitrogen and oxygen atoms in total. The third-order valence-electron chi connectivity index (χ3n) is 11.7. The van der Waals surface area contributed by atoms with Crippen LogP contribution in [0.4, 0.5) is 0 Å². The van der Waals surface area contributed by atoms with Crippen molar-refractivity contribution in [3.63, 3.8) is 0 Å². The van der Waals surface area contributed by atoms with Crippen LogP contribution in [0.5, 0.6) is 5.75 Å². The number of Topliss-reactive ketones (excluding diaryl/α,β-unsaturated/α-hetero) is 3. The first kappa shape index (κ1) is 32.9. The van der Waals surface area contributed by atoms with Crippen LogP contribution in [0.25, 0.3) is 0 Å². The van der Waals surface area contributed by atoms with E-state index in [9.17, 15) is 39.9 Å². The van der Waals surface area contributed by atoms with Gasteiger partial charge in [0.05, 0.1) is 17.2 Å². The molecule has 0 saturated heterocycles. The number of ketones is 3. The van der Waals surface area contributed by atoms with Crippen LogP contribution < -0.4 is 0 Å². The Kier molecular flexibility index (Phi) is 7.69. The second kappa shape index (κ2) is 10.5. The topological polar surface area (TPSA) is 152 Å². The first-order chi connectivity index (χ1) is 20.8. The predicted molar refractivity (Wildman–Crippen MR) is 170 cm³/mol. The van der Waals surface area contributed by atoms with Gasteiger partial charge in [-0.25, -0.2) is 0 Å². The van der Waals surface area contributed by atoms with E-state index < -0.39 is 80.1 Å². The lowest BCUT2D eigenvalue weighted by Crippen LogP contribution is -2.73. The number of hydrogen-bond donors (Lipinski definition) is 5. The molecule has 6 atom stereocenters. The minimum Gasteiger partial charge on any atom is -0.511 e. The van der Waals surface area contributed by atoms with Crippen molar-refractivity contribution in [2.75, 3.05) is 0 Å². The van der Waals surface area contributed by atoms with Gasteiger partial charge in [0.2, 0.25) is 5.78 Å². The van der Waals surface area contributed by atoms with Crippen molar-refractivity contribution < 1.29 is 39.9 Å². The lowest BCUT2D eigenvalue weighted by atomic mass is 9.41. The molecule has 0 radical (unpaired) electrons. The Hall–Kier alpha value is -3.49. The number of aromatic hydroxyl groups is 1. The van der Waals surface area contributed by atoms with Crippen LogP contribution in [0.1, 0.15) is 102 Å². The van der Waals surface area contributed by atoms with Crippen molar-refractivity contribution in [2.45, 2.75) is 97.7 Å². The summed E-state index contributed by atoms with van der Waals surface area (Å²) in [5.41, 5.74) is -6.93. The van der Waals surface area contributed by atoms with Crippen LogP contribution in [0, 0.1) is 28.6 Å². The molecule has 1 aromatic carbocycles.